The van der Waals surface area contributed by atoms with Gasteiger partial charge in [0, 0.05) is 0 Å². The van der Waals surface area contributed by atoms with Crippen LogP contribution in [-0.4, -0.2) is 37.0 Å². The molecule has 0 aromatic rings. The zero-order valence-corrected chi connectivity index (χ0v) is 6.58. The lowest BCUT2D eigenvalue weighted by molar-refractivity contribution is -0.145. The maximum absolute atomic E-state index is 10.2. The van der Waals surface area contributed by atoms with E-state index in [0.29, 0.717) is 0 Å². The van der Waals surface area contributed by atoms with Crippen molar-refractivity contribution in [1.29, 1.82) is 0 Å². The van der Waals surface area contributed by atoms with Crippen LogP contribution in [-0.2, 0) is 20.9 Å². The summed E-state index contributed by atoms with van der Waals surface area (Å²) in [4.78, 5) is 20.2. The van der Waals surface area contributed by atoms with E-state index in [1.807, 2.05) is 0 Å². The summed E-state index contributed by atoms with van der Waals surface area (Å²) in [5.74, 6) is -2.85. The number of nitrogens with one attached hydrogen (secondary N) is 1. The molecule has 7 nitrogen and oxygen atoms in total. The molecule has 2 atom stereocenters. The van der Waals surface area contributed by atoms with Crippen molar-refractivity contribution in [2.45, 2.75) is 12.5 Å². The van der Waals surface area contributed by atoms with Gasteiger partial charge in [0.05, 0.1) is 6.42 Å². The predicted octanol–water partition coefficient (Wildman–Crippen LogP) is -1.36. The van der Waals surface area contributed by atoms with Gasteiger partial charge in [-0.1, -0.05) is 0 Å². The Bertz CT molecular complexity index is 200. The summed E-state index contributed by atoms with van der Waals surface area (Å²) in [6, 6.07) is -1.55. The van der Waals surface area contributed by atoms with Crippen LogP contribution in [0.2, 0.25) is 0 Å². The molecule has 0 fully saturated rings. The van der Waals surface area contributed by atoms with E-state index >= 15 is 0 Å². The molecule has 1 unspecified atom stereocenters. The summed E-state index contributed by atoms with van der Waals surface area (Å²) in [6.07, 6.45) is -0.748. The average Bonchev–Trinajstić information content (AvgIpc) is 1.83. The van der Waals surface area contributed by atoms with Crippen molar-refractivity contribution in [3.8, 4) is 0 Å². The van der Waals surface area contributed by atoms with Crippen LogP contribution in [0.3, 0.4) is 0 Å². The number of hydrogen-bond acceptors (Lipinski definition) is 3. The average molecular weight is 197 g/mol. The second-order valence-corrected chi connectivity index (χ2v) is 2.59. The highest BCUT2D eigenvalue weighted by atomic mass is 32.2. The molecule has 0 saturated carbocycles. The van der Waals surface area contributed by atoms with Crippen LogP contribution in [0.1, 0.15) is 6.42 Å². The monoisotopic (exact) mass is 197 g/mol. The molecular formula is C4H7NO6S. The van der Waals surface area contributed by atoms with Gasteiger partial charge in [0.1, 0.15) is 6.04 Å². The summed E-state index contributed by atoms with van der Waals surface area (Å²) >= 11 is -2.53. The van der Waals surface area contributed by atoms with Gasteiger partial charge in [0.25, 0.3) is 0 Å². The summed E-state index contributed by atoms with van der Waals surface area (Å²) in [5, 5.41) is 16.5. The van der Waals surface area contributed by atoms with E-state index in [0.717, 1.165) is 0 Å². The second kappa shape index (κ2) is 4.80. The molecule has 0 spiro atoms. The molecule has 0 aliphatic rings. The fourth-order valence-electron chi connectivity index (χ4n) is 0.476. The van der Waals surface area contributed by atoms with Crippen LogP contribution >= 0.6 is 0 Å². The van der Waals surface area contributed by atoms with E-state index in [2.05, 4.69) is 0 Å². The van der Waals surface area contributed by atoms with E-state index in [4.69, 9.17) is 14.8 Å². The first-order valence-electron chi connectivity index (χ1n) is 2.75. The fraction of sp³-hybridized carbons (Fsp3) is 0.500. The molecule has 0 amide bonds. The molecule has 0 aromatic carbocycles. The van der Waals surface area contributed by atoms with Gasteiger partial charge < -0.3 is 10.2 Å². The van der Waals surface area contributed by atoms with Crippen molar-refractivity contribution in [2.24, 2.45) is 0 Å². The largest absolute Gasteiger partial charge is 0.481 e. The molecular weight excluding hydrogens is 190 g/mol. The lowest BCUT2D eigenvalue weighted by Crippen LogP contribution is -2.39. The zero-order valence-electron chi connectivity index (χ0n) is 5.76. The second-order valence-electron chi connectivity index (χ2n) is 1.86. The maximum Gasteiger partial charge on any atom is 0.322 e. The number of carboxylic acids is 2. The van der Waals surface area contributed by atoms with Crippen molar-refractivity contribution in [1.82, 2.24) is 4.72 Å². The molecule has 0 aromatic heterocycles. The molecule has 0 bridgehead atoms. The summed E-state index contributed by atoms with van der Waals surface area (Å²) in [6.45, 7) is 0. The van der Waals surface area contributed by atoms with Gasteiger partial charge in [-0.05, 0) is 0 Å². The standard InChI is InChI=1S/C4H7NO6S/c6-3(7)1-2(4(8)9)5-12(10)11/h2,5H,1H2,(H,6,7)(H,8,9)(H,10,11)/t2-/m0/s1. The molecule has 8 heteroatoms. The van der Waals surface area contributed by atoms with Gasteiger partial charge in [0.15, 0.2) is 0 Å². The van der Waals surface area contributed by atoms with Gasteiger partial charge in [-0.3, -0.25) is 14.1 Å². The van der Waals surface area contributed by atoms with Crippen LogP contribution in [0.25, 0.3) is 0 Å². The van der Waals surface area contributed by atoms with E-state index in [1.54, 1.807) is 4.72 Å². The minimum absolute atomic E-state index is 0.748. The Morgan fingerprint density at radius 1 is 1.42 bits per heavy atom. The third-order valence-corrected chi connectivity index (χ3v) is 1.41. The van der Waals surface area contributed by atoms with Crippen molar-refractivity contribution in [3.63, 3.8) is 0 Å². The smallest absolute Gasteiger partial charge is 0.322 e. The Kier molecular flexibility index (Phi) is 4.40. The van der Waals surface area contributed by atoms with Crippen LogP contribution in [0.4, 0.5) is 0 Å². The number of aliphatic carboxylic acids is 2. The van der Waals surface area contributed by atoms with Crippen molar-refractivity contribution in [2.75, 3.05) is 0 Å². The SMILES string of the molecule is O=C(O)C[C@H](NS(=O)O)C(=O)O. The Morgan fingerprint density at radius 3 is 2.17 bits per heavy atom. The van der Waals surface area contributed by atoms with Crippen LogP contribution in [0.15, 0.2) is 0 Å². The molecule has 70 valence electrons. The molecule has 0 radical (unpaired) electrons. The Hall–Kier alpha value is -0.990. The van der Waals surface area contributed by atoms with E-state index in [-0.39, 0.29) is 0 Å². The minimum atomic E-state index is -2.53. The predicted molar refractivity (Wildman–Crippen MR) is 37.6 cm³/mol. The number of carboxylic acid groups (broad SMARTS) is 2. The number of carbonyl (C=O) groups is 2. The summed E-state index contributed by atoms with van der Waals surface area (Å²) in [7, 11) is 0. The summed E-state index contributed by atoms with van der Waals surface area (Å²) < 4.78 is 19.9. The highest BCUT2D eigenvalue weighted by molar-refractivity contribution is 7.77. The van der Waals surface area contributed by atoms with Crippen molar-refractivity contribution >= 4 is 23.2 Å². The first kappa shape index (κ1) is 11.0. The molecule has 12 heavy (non-hydrogen) atoms. The highest BCUT2D eigenvalue weighted by Crippen LogP contribution is 1.92. The zero-order chi connectivity index (χ0) is 9.72. The van der Waals surface area contributed by atoms with Gasteiger partial charge in [-0.2, -0.15) is 4.72 Å². The normalized spacial score (nSPS) is 15.1. The topological polar surface area (TPSA) is 124 Å². The quantitative estimate of drug-likeness (QED) is 0.403. The lowest BCUT2D eigenvalue weighted by atomic mass is 10.2. The van der Waals surface area contributed by atoms with Gasteiger partial charge >= 0.3 is 11.9 Å². The minimum Gasteiger partial charge on any atom is -0.481 e. The molecule has 0 rings (SSSR count). The van der Waals surface area contributed by atoms with E-state index in [1.165, 1.54) is 0 Å². The van der Waals surface area contributed by atoms with E-state index < -0.39 is 35.7 Å². The summed E-state index contributed by atoms with van der Waals surface area (Å²) in [5.41, 5.74) is 0. The highest BCUT2D eigenvalue weighted by Gasteiger charge is 2.21. The Morgan fingerprint density at radius 2 is 1.92 bits per heavy atom. The molecule has 0 aliphatic heterocycles. The van der Waals surface area contributed by atoms with Crippen molar-refractivity contribution < 1.29 is 28.6 Å². The fourth-order valence-corrected chi connectivity index (χ4v) is 0.903. The Labute approximate surface area is 69.8 Å². The molecule has 4 N–H and O–H groups in total. The molecule has 0 saturated heterocycles. The van der Waals surface area contributed by atoms with E-state index in [9.17, 15) is 13.8 Å². The first-order valence-corrected chi connectivity index (χ1v) is 3.85. The van der Waals surface area contributed by atoms with Gasteiger partial charge in [-0.25, -0.2) is 4.21 Å². The lowest BCUT2D eigenvalue weighted by Gasteiger charge is -2.07. The van der Waals surface area contributed by atoms with Crippen LogP contribution < -0.4 is 4.72 Å². The van der Waals surface area contributed by atoms with Crippen LogP contribution in [0, 0.1) is 0 Å². The number of hydrogen-bond donors (Lipinski definition) is 4. The number of rotatable bonds is 5. The molecule has 0 heterocycles. The van der Waals surface area contributed by atoms with Gasteiger partial charge in [0.2, 0.25) is 11.3 Å². The Balaban J connectivity index is 4.14. The third-order valence-electron chi connectivity index (χ3n) is 0.920. The first-order chi connectivity index (χ1) is 5.43. The van der Waals surface area contributed by atoms with Crippen molar-refractivity contribution in [3.05, 3.63) is 0 Å². The maximum atomic E-state index is 10.2. The van der Waals surface area contributed by atoms with Crippen LogP contribution in [0.5, 0.6) is 0 Å². The van der Waals surface area contributed by atoms with Gasteiger partial charge in [-0.15, -0.1) is 0 Å². The molecule has 0 aliphatic carbocycles. The third kappa shape index (κ3) is 4.77.